The normalized spacial score (nSPS) is 17.7. The molecule has 1 N–H and O–H groups in total. The summed E-state index contributed by atoms with van der Waals surface area (Å²) < 4.78 is 43.4. The Bertz CT molecular complexity index is 1000. The zero-order valence-electron chi connectivity index (χ0n) is 17.1. The highest BCUT2D eigenvalue weighted by Gasteiger charge is 2.40. The number of rotatable bonds is 4. The Labute approximate surface area is 193 Å². The minimum atomic E-state index is -3.13. The quantitative estimate of drug-likeness (QED) is 0.359. The van der Waals surface area contributed by atoms with Gasteiger partial charge in [-0.2, -0.15) is 0 Å². The number of ether oxygens (including phenoxy) is 1. The van der Waals surface area contributed by atoms with E-state index in [4.69, 9.17) is 4.74 Å². The van der Waals surface area contributed by atoms with Crippen LogP contribution >= 0.6 is 24.0 Å². The summed E-state index contributed by atoms with van der Waals surface area (Å²) in [5.74, 6) is 0.766. The second-order valence-electron chi connectivity index (χ2n) is 7.46. The third-order valence-electron chi connectivity index (χ3n) is 4.86. The second-order valence-corrected chi connectivity index (χ2v) is 10.2. The second kappa shape index (κ2) is 9.90. The number of nitrogens with one attached hydrogen (secondary N) is 1. The Hall–Kier alpha value is -1.95. The summed E-state index contributed by atoms with van der Waals surface area (Å²) >= 11 is 0. The molecule has 30 heavy (non-hydrogen) atoms. The third-order valence-corrected chi connectivity index (χ3v) is 7.40. The van der Waals surface area contributed by atoms with Crippen molar-refractivity contribution in [3.8, 4) is 11.5 Å². The summed E-state index contributed by atoms with van der Waals surface area (Å²) in [4.78, 5) is 10.1. The van der Waals surface area contributed by atoms with Crippen LogP contribution in [0.5, 0.6) is 11.5 Å². The van der Waals surface area contributed by atoms with E-state index in [2.05, 4.69) is 15.3 Å². The maximum atomic E-state index is 14.4. The fraction of sp³-hybridized carbons (Fsp3) is 0.400. The van der Waals surface area contributed by atoms with E-state index < -0.39 is 20.4 Å². The monoisotopic (exact) mass is 548 g/mol. The van der Waals surface area contributed by atoms with Gasteiger partial charge in [-0.05, 0) is 43.7 Å². The molecule has 1 aromatic heterocycles. The average molecular weight is 548 g/mol. The molecular weight excluding hydrogens is 522 g/mol. The molecule has 1 aliphatic heterocycles. The van der Waals surface area contributed by atoms with E-state index >= 15 is 0 Å². The Balaban J connectivity index is 0.00000320. The number of nitrogens with zero attached hydrogens (tertiary/aromatic N) is 3. The number of aliphatic imine (C=N–C) groups is 1. The van der Waals surface area contributed by atoms with Crippen molar-refractivity contribution < 1.29 is 17.5 Å². The van der Waals surface area contributed by atoms with E-state index in [0.29, 0.717) is 36.9 Å². The van der Waals surface area contributed by atoms with Crippen molar-refractivity contribution in [3.05, 3.63) is 54.1 Å². The van der Waals surface area contributed by atoms with Gasteiger partial charge >= 0.3 is 0 Å². The van der Waals surface area contributed by atoms with Crippen molar-refractivity contribution in [1.29, 1.82) is 0 Å². The van der Waals surface area contributed by atoms with Crippen LogP contribution in [-0.4, -0.2) is 54.9 Å². The lowest BCUT2D eigenvalue weighted by Gasteiger charge is -2.39. The first-order chi connectivity index (χ1) is 13.7. The number of guanidine groups is 1. The van der Waals surface area contributed by atoms with Crippen molar-refractivity contribution in [1.82, 2.24) is 15.2 Å². The lowest BCUT2D eigenvalue weighted by molar-refractivity contribution is 0.353. The molecule has 0 spiro atoms. The Morgan fingerprint density at radius 2 is 2.13 bits per heavy atom. The first-order valence-corrected chi connectivity index (χ1v) is 10.9. The van der Waals surface area contributed by atoms with E-state index in [1.54, 1.807) is 51.4 Å². The van der Waals surface area contributed by atoms with Crippen LogP contribution in [0.4, 0.5) is 4.39 Å². The van der Waals surface area contributed by atoms with E-state index in [0.717, 1.165) is 0 Å². The zero-order chi connectivity index (χ0) is 21.1. The van der Waals surface area contributed by atoms with Gasteiger partial charge < -0.3 is 15.0 Å². The predicted octanol–water partition coefficient (Wildman–Crippen LogP) is 3.22. The minimum absolute atomic E-state index is 0. The summed E-state index contributed by atoms with van der Waals surface area (Å²) in [6.45, 7) is 4.51. The lowest BCUT2D eigenvalue weighted by atomic mass is 10.2. The fourth-order valence-electron chi connectivity index (χ4n) is 3.11. The highest BCUT2D eigenvalue weighted by atomic mass is 127. The number of benzene rings is 1. The van der Waals surface area contributed by atoms with Gasteiger partial charge in [-0.1, -0.05) is 6.07 Å². The number of pyridine rings is 1. The van der Waals surface area contributed by atoms with Crippen LogP contribution in [0, 0.1) is 5.82 Å². The molecule has 0 atom stereocenters. The van der Waals surface area contributed by atoms with E-state index in [1.807, 2.05) is 4.90 Å². The van der Waals surface area contributed by atoms with Gasteiger partial charge in [0.05, 0.1) is 16.7 Å². The van der Waals surface area contributed by atoms with Crippen LogP contribution in [0.3, 0.4) is 0 Å². The molecule has 1 fully saturated rings. The summed E-state index contributed by atoms with van der Waals surface area (Å²) in [5, 5.41) is 3.18. The standard InChI is InChI=1S/C20H25FN4O3S.HI/c1-20(2)14-25(9-10-29(20,26)27)19(22-3)24-12-15-6-7-18(17(21)11-15)28-16-5-4-8-23-13-16;/h4-8,11,13H,9-10,12,14H2,1-3H3,(H,22,24);1H. The van der Waals surface area contributed by atoms with Gasteiger partial charge in [0.1, 0.15) is 5.75 Å². The maximum Gasteiger partial charge on any atom is 0.193 e. The molecule has 1 aliphatic rings. The van der Waals surface area contributed by atoms with E-state index in [9.17, 15) is 12.8 Å². The van der Waals surface area contributed by atoms with Crippen molar-refractivity contribution in [3.63, 3.8) is 0 Å². The molecule has 0 aliphatic carbocycles. The molecular formula is C20H26FIN4O3S. The van der Waals surface area contributed by atoms with Crippen LogP contribution in [-0.2, 0) is 16.4 Å². The molecule has 7 nitrogen and oxygen atoms in total. The molecule has 10 heteroatoms. The van der Waals surface area contributed by atoms with Crippen LogP contribution in [0.15, 0.2) is 47.7 Å². The van der Waals surface area contributed by atoms with Gasteiger partial charge in [0.15, 0.2) is 27.4 Å². The summed E-state index contributed by atoms with van der Waals surface area (Å²) in [7, 11) is -1.49. The van der Waals surface area contributed by atoms with Gasteiger partial charge in [0.2, 0.25) is 0 Å². The predicted molar refractivity (Wildman–Crippen MR) is 126 cm³/mol. The largest absolute Gasteiger partial charge is 0.453 e. The van der Waals surface area contributed by atoms with Crippen LogP contribution in [0.2, 0.25) is 0 Å². The first kappa shape index (κ1) is 24.3. The molecule has 0 saturated carbocycles. The molecule has 2 aromatic rings. The molecule has 1 aromatic carbocycles. The lowest BCUT2D eigenvalue weighted by Crippen LogP contribution is -2.57. The Morgan fingerprint density at radius 3 is 2.73 bits per heavy atom. The van der Waals surface area contributed by atoms with Gasteiger partial charge in [-0.15, -0.1) is 24.0 Å². The SMILES string of the molecule is CN=C(NCc1ccc(Oc2cccnc2)c(F)c1)N1CCS(=O)(=O)C(C)(C)C1.I. The van der Waals surface area contributed by atoms with Gasteiger partial charge in [0, 0.05) is 32.9 Å². The number of sulfone groups is 1. The van der Waals surface area contributed by atoms with E-state index in [1.165, 1.54) is 12.3 Å². The van der Waals surface area contributed by atoms with Crippen molar-refractivity contribution in [2.24, 2.45) is 4.99 Å². The molecule has 1 saturated heterocycles. The topological polar surface area (TPSA) is 83.9 Å². The summed E-state index contributed by atoms with van der Waals surface area (Å²) in [5.41, 5.74) is 0.714. The molecule has 2 heterocycles. The number of aromatic nitrogens is 1. The average Bonchev–Trinajstić information content (AvgIpc) is 2.68. The number of hydrogen-bond donors (Lipinski definition) is 1. The van der Waals surface area contributed by atoms with Crippen molar-refractivity contribution in [2.75, 3.05) is 25.9 Å². The number of halogens is 2. The molecule has 0 unspecified atom stereocenters. The molecule has 164 valence electrons. The molecule has 0 amide bonds. The van der Waals surface area contributed by atoms with Crippen molar-refractivity contribution in [2.45, 2.75) is 25.1 Å². The Morgan fingerprint density at radius 1 is 1.37 bits per heavy atom. The zero-order valence-corrected chi connectivity index (χ0v) is 20.3. The third kappa shape index (κ3) is 5.60. The summed E-state index contributed by atoms with van der Waals surface area (Å²) in [6.07, 6.45) is 3.13. The van der Waals surface area contributed by atoms with Gasteiger partial charge in [-0.25, -0.2) is 12.8 Å². The first-order valence-electron chi connectivity index (χ1n) is 9.26. The molecule has 0 radical (unpaired) electrons. The van der Waals surface area contributed by atoms with Crippen LogP contribution < -0.4 is 10.1 Å². The highest BCUT2D eigenvalue weighted by Crippen LogP contribution is 2.25. The minimum Gasteiger partial charge on any atom is -0.453 e. The van der Waals surface area contributed by atoms with Crippen LogP contribution in [0.1, 0.15) is 19.4 Å². The van der Waals surface area contributed by atoms with Gasteiger partial charge in [0.25, 0.3) is 0 Å². The Kier molecular flexibility index (Phi) is 8.03. The molecule has 0 bridgehead atoms. The summed E-state index contributed by atoms with van der Waals surface area (Å²) in [6, 6.07) is 8.14. The fourth-order valence-corrected chi connectivity index (χ4v) is 4.48. The molecule has 3 rings (SSSR count). The smallest absolute Gasteiger partial charge is 0.193 e. The highest BCUT2D eigenvalue weighted by molar-refractivity contribution is 14.0. The van der Waals surface area contributed by atoms with Gasteiger partial charge in [-0.3, -0.25) is 9.98 Å². The number of hydrogen-bond acceptors (Lipinski definition) is 5. The van der Waals surface area contributed by atoms with E-state index in [-0.39, 0.29) is 35.5 Å². The van der Waals surface area contributed by atoms with Crippen LogP contribution in [0.25, 0.3) is 0 Å². The maximum absolute atomic E-state index is 14.4. The van der Waals surface area contributed by atoms with Crippen molar-refractivity contribution >= 4 is 39.8 Å².